The maximum absolute atomic E-state index is 5.82. The molecule has 1 heterocycles. The van der Waals surface area contributed by atoms with E-state index in [1.54, 1.807) is 0 Å². The van der Waals surface area contributed by atoms with Crippen LogP contribution < -0.4 is 5.73 Å². The summed E-state index contributed by atoms with van der Waals surface area (Å²) in [6, 6.07) is 11.3. The van der Waals surface area contributed by atoms with Crippen LogP contribution in [0.2, 0.25) is 0 Å². The molecular formula is C16H26N2. The molecule has 18 heavy (non-hydrogen) atoms. The molecule has 0 aliphatic carbocycles. The molecule has 1 aromatic carbocycles. The van der Waals surface area contributed by atoms with Gasteiger partial charge in [-0.3, -0.25) is 4.90 Å². The zero-order valence-corrected chi connectivity index (χ0v) is 11.7. The molecule has 3 atom stereocenters. The van der Waals surface area contributed by atoms with Crippen molar-refractivity contribution in [3.63, 3.8) is 0 Å². The van der Waals surface area contributed by atoms with Gasteiger partial charge in [-0.25, -0.2) is 0 Å². The Morgan fingerprint density at radius 2 is 1.78 bits per heavy atom. The Morgan fingerprint density at radius 3 is 2.33 bits per heavy atom. The van der Waals surface area contributed by atoms with Crippen LogP contribution in [0.5, 0.6) is 0 Å². The molecule has 1 aliphatic heterocycles. The summed E-state index contributed by atoms with van der Waals surface area (Å²) < 4.78 is 0. The van der Waals surface area contributed by atoms with Gasteiger partial charge in [0.25, 0.3) is 0 Å². The molecule has 0 bridgehead atoms. The Hall–Kier alpha value is -0.860. The molecule has 0 radical (unpaired) electrons. The van der Waals surface area contributed by atoms with Crippen LogP contribution in [0.4, 0.5) is 0 Å². The van der Waals surface area contributed by atoms with E-state index in [9.17, 15) is 0 Å². The van der Waals surface area contributed by atoms with Crippen LogP contribution in [-0.4, -0.2) is 24.5 Å². The number of rotatable bonds is 4. The molecule has 1 fully saturated rings. The van der Waals surface area contributed by atoms with Gasteiger partial charge in [0.2, 0.25) is 0 Å². The van der Waals surface area contributed by atoms with Crippen molar-refractivity contribution < 1.29 is 0 Å². The third kappa shape index (κ3) is 3.33. The van der Waals surface area contributed by atoms with Crippen molar-refractivity contribution in [1.29, 1.82) is 0 Å². The monoisotopic (exact) mass is 246 g/mol. The van der Waals surface area contributed by atoms with Crippen molar-refractivity contribution in [2.45, 2.75) is 32.7 Å². The smallest absolute Gasteiger partial charge is 0.0360 e. The van der Waals surface area contributed by atoms with Crippen LogP contribution in [0.3, 0.4) is 0 Å². The molecule has 1 aliphatic rings. The van der Waals surface area contributed by atoms with Gasteiger partial charge in [0.15, 0.2) is 0 Å². The van der Waals surface area contributed by atoms with Crippen LogP contribution in [0.25, 0.3) is 0 Å². The van der Waals surface area contributed by atoms with Crippen LogP contribution in [0, 0.1) is 11.8 Å². The summed E-state index contributed by atoms with van der Waals surface area (Å²) in [6.45, 7) is 7.92. The molecule has 3 unspecified atom stereocenters. The predicted molar refractivity (Wildman–Crippen MR) is 77.4 cm³/mol. The average Bonchev–Trinajstić information content (AvgIpc) is 2.36. The maximum atomic E-state index is 5.82. The molecule has 0 amide bonds. The zero-order chi connectivity index (χ0) is 13.0. The molecule has 2 nitrogen and oxygen atoms in total. The molecule has 0 aromatic heterocycles. The fourth-order valence-electron chi connectivity index (χ4n) is 3.36. The van der Waals surface area contributed by atoms with Crippen LogP contribution in [0.1, 0.15) is 38.3 Å². The van der Waals surface area contributed by atoms with E-state index in [0.717, 1.165) is 24.8 Å². The highest BCUT2D eigenvalue weighted by atomic mass is 15.2. The van der Waals surface area contributed by atoms with E-state index in [4.69, 9.17) is 5.73 Å². The molecule has 100 valence electrons. The number of hydrogen-bond acceptors (Lipinski definition) is 2. The SMILES string of the molecule is CC1CC(C)CN(C(CCN)c2ccccc2)C1. The van der Waals surface area contributed by atoms with Gasteiger partial charge < -0.3 is 5.73 Å². The second-order valence-corrected chi connectivity index (χ2v) is 5.90. The minimum atomic E-state index is 0.501. The summed E-state index contributed by atoms with van der Waals surface area (Å²) in [5.74, 6) is 1.61. The first kappa shape index (κ1) is 13.6. The van der Waals surface area contributed by atoms with Gasteiger partial charge >= 0.3 is 0 Å². The molecule has 1 aromatic rings. The molecule has 1 saturated heterocycles. The molecule has 0 spiro atoms. The topological polar surface area (TPSA) is 29.3 Å². The van der Waals surface area contributed by atoms with Gasteiger partial charge in [-0.2, -0.15) is 0 Å². The van der Waals surface area contributed by atoms with Crippen molar-refractivity contribution in [3.8, 4) is 0 Å². The highest BCUT2D eigenvalue weighted by Crippen LogP contribution is 2.30. The zero-order valence-electron chi connectivity index (χ0n) is 11.7. The van der Waals surface area contributed by atoms with Crippen molar-refractivity contribution in [2.24, 2.45) is 17.6 Å². The van der Waals surface area contributed by atoms with E-state index < -0.39 is 0 Å². The Morgan fingerprint density at radius 1 is 1.17 bits per heavy atom. The number of hydrogen-bond donors (Lipinski definition) is 1. The third-order valence-electron chi connectivity index (χ3n) is 3.96. The summed E-state index contributed by atoms with van der Waals surface area (Å²) >= 11 is 0. The molecule has 2 heteroatoms. The Kier molecular flexibility index (Phi) is 4.79. The van der Waals surface area contributed by atoms with E-state index in [1.807, 2.05) is 0 Å². The van der Waals surface area contributed by atoms with Crippen LogP contribution >= 0.6 is 0 Å². The summed E-state index contributed by atoms with van der Waals surface area (Å²) in [5.41, 5.74) is 7.24. The van der Waals surface area contributed by atoms with E-state index in [2.05, 4.69) is 49.1 Å². The first-order valence-corrected chi connectivity index (χ1v) is 7.19. The van der Waals surface area contributed by atoms with Crippen molar-refractivity contribution >= 4 is 0 Å². The molecule has 2 rings (SSSR count). The molecule has 2 N–H and O–H groups in total. The van der Waals surface area contributed by atoms with Gasteiger partial charge in [-0.15, -0.1) is 0 Å². The number of likely N-dealkylation sites (tertiary alicyclic amines) is 1. The van der Waals surface area contributed by atoms with Gasteiger partial charge in [0, 0.05) is 19.1 Å². The largest absolute Gasteiger partial charge is 0.330 e. The average molecular weight is 246 g/mol. The van der Waals surface area contributed by atoms with E-state index >= 15 is 0 Å². The van der Waals surface area contributed by atoms with Gasteiger partial charge in [-0.1, -0.05) is 44.2 Å². The van der Waals surface area contributed by atoms with Crippen molar-refractivity contribution in [3.05, 3.63) is 35.9 Å². The highest BCUT2D eigenvalue weighted by Gasteiger charge is 2.27. The predicted octanol–water partition coefficient (Wildman–Crippen LogP) is 3.05. The van der Waals surface area contributed by atoms with Gasteiger partial charge in [0.05, 0.1) is 0 Å². The molecular weight excluding hydrogens is 220 g/mol. The van der Waals surface area contributed by atoms with Gasteiger partial charge in [-0.05, 0) is 36.8 Å². The number of benzene rings is 1. The van der Waals surface area contributed by atoms with Gasteiger partial charge in [0.1, 0.15) is 0 Å². The highest BCUT2D eigenvalue weighted by molar-refractivity contribution is 5.19. The minimum absolute atomic E-state index is 0.501. The van der Waals surface area contributed by atoms with E-state index in [1.165, 1.54) is 25.1 Å². The third-order valence-corrected chi connectivity index (χ3v) is 3.96. The van der Waals surface area contributed by atoms with Crippen LogP contribution in [0.15, 0.2) is 30.3 Å². The quantitative estimate of drug-likeness (QED) is 0.884. The lowest BCUT2D eigenvalue weighted by Crippen LogP contribution is -2.41. The fraction of sp³-hybridized carbons (Fsp3) is 0.625. The first-order valence-electron chi connectivity index (χ1n) is 7.19. The Bertz CT molecular complexity index is 339. The first-order chi connectivity index (χ1) is 8.70. The number of piperidine rings is 1. The second-order valence-electron chi connectivity index (χ2n) is 5.90. The summed E-state index contributed by atoms with van der Waals surface area (Å²) in [7, 11) is 0. The normalized spacial score (nSPS) is 27.1. The minimum Gasteiger partial charge on any atom is -0.330 e. The molecule has 0 saturated carbocycles. The fourth-order valence-corrected chi connectivity index (χ4v) is 3.36. The van der Waals surface area contributed by atoms with Crippen molar-refractivity contribution in [1.82, 2.24) is 4.90 Å². The Labute approximate surface area is 111 Å². The Balaban J connectivity index is 2.14. The lowest BCUT2D eigenvalue weighted by atomic mass is 9.89. The van der Waals surface area contributed by atoms with Crippen molar-refractivity contribution in [2.75, 3.05) is 19.6 Å². The second kappa shape index (κ2) is 6.35. The van der Waals surface area contributed by atoms with E-state index in [-0.39, 0.29) is 0 Å². The number of nitrogens with two attached hydrogens (primary N) is 1. The summed E-state index contributed by atoms with van der Waals surface area (Å²) in [6.07, 6.45) is 2.42. The standard InChI is InChI=1S/C16H26N2/c1-13-10-14(2)12-18(11-13)16(8-9-17)15-6-4-3-5-7-15/h3-7,13-14,16H,8-12,17H2,1-2H3. The lowest BCUT2D eigenvalue weighted by molar-refractivity contribution is 0.0916. The van der Waals surface area contributed by atoms with E-state index in [0.29, 0.717) is 6.04 Å². The lowest BCUT2D eigenvalue weighted by Gasteiger charge is -2.40. The summed E-state index contributed by atoms with van der Waals surface area (Å²) in [4.78, 5) is 2.64. The van der Waals surface area contributed by atoms with Crippen LogP contribution in [-0.2, 0) is 0 Å². The maximum Gasteiger partial charge on any atom is 0.0360 e. The number of nitrogens with zero attached hydrogens (tertiary/aromatic N) is 1. The summed E-state index contributed by atoms with van der Waals surface area (Å²) in [5, 5.41) is 0.